The van der Waals surface area contributed by atoms with E-state index >= 15 is 0 Å². The van der Waals surface area contributed by atoms with E-state index in [0.29, 0.717) is 38.0 Å². The van der Waals surface area contributed by atoms with Gasteiger partial charge in [0.1, 0.15) is 6.10 Å². The van der Waals surface area contributed by atoms with E-state index in [0.717, 1.165) is 53.4 Å². The predicted octanol–water partition coefficient (Wildman–Crippen LogP) is 5.98. The van der Waals surface area contributed by atoms with Crippen LogP contribution in [0.1, 0.15) is 109 Å². The van der Waals surface area contributed by atoms with E-state index in [4.69, 9.17) is 14.5 Å². The van der Waals surface area contributed by atoms with Crippen molar-refractivity contribution in [3.05, 3.63) is 63.0 Å². The van der Waals surface area contributed by atoms with Crippen molar-refractivity contribution in [1.82, 2.24) is 4.98 Å². The number of alkyl halides is 3. The topological polar surface area (TPSA) is 75.4 Å². The number of ether oxygens (including phenoxy) is 2. The van der Waals surface area contributed by atoms with Crippen LogP contribution in [0, 0.1) is 16.7 Å². The number of hydrogen-bond donors (Lipinski definition) is 1. The lowest BCUT2D eigenvalue weighted by atomic mass is 9.73. The van der Waals surface area contributed by atoms with Crippen molar-refractivity contribution in [3.63, 3.8) is 0 Å². The lowest BCUT2D eigenvalue weighted by Gasteiger charge is -2.38. The Kier molecular flexibility index (Phi) is 5.32. The van der Waals surface area contributed by atoms with Crippen molar-refractivity contribution in [1.29, 1.82) is 5.26 Å². The second kappa shape index (κ2) is 8.01. The molecule has 1 saturated heterocycles. The van der Waals surface area contributed by atoms with Gasteiger partial charge >= 0.3 is 6.18 Å². The lowest BCUT2D eigenvalue weighted by molar-refractivity contribution is -0.138. The van der Waals surface area contributed by atoms with Gasteiger partial charge in [-0.2, -0.15) is 18.4 Å². The monoisotopic (exact) mass is 498 g/mol. The SMILES string of the molecule is CC(C)c1nc2c(c3c1[C@@H](c1ccc(C(F)(F)F)c(C#N)c1)OC31CCOCC1)C(O)CC1(CC1)C2. The summed E-state index contributed by atoms with van der Waals surface area (Å²) in [5, 5.41) is 20.9. The molecule has 1 saturated carbocycles. The number of aliphatic hydroxyl groups is 1. The third-order valence-corrected chi connectivity index (χ3v) is 8.52. The number of nitrogens with zero attached hydrogens (tertiary/aromatic N) is 2. The maximum absolute atomic E-state index is 13.5. The molecule has 190 valence electrons. The quantitative estimate of drug-likeness (QED) is 0.551. The summed E-state index contributed by atoms with van der Waals surface area (Å²) in [6.07, 6.45) is -1.03. The molecule has 2 aliphatic heterocycles. The third kappa shape index (κ3) is 3.59. The highest BCUT2D eigenvalue weighted by Crippen LogP contribution is 2.62. The molecular weight excluding hydrogens is 469 g/mol. The summed E-state index contributed by atoms with van der Waals surface area (Å²) in [5.41, 5.74) is 3.01. The van der Waals surface area contributed by atoms with Crippen molar-refractivity contribution in [2.24, 2.45) is 5.41 Å². The second-order valence-corrected chi connectivity index (χ2v) is 11.2. The minimum absolute atomic E-state index is 0.0456. The first-order valence-corrected chi connectivity index (χ1v) is 12.7. The van der Waals surface area contributed by atoms with Crippen LogP contribution in [-0.4, -0.2) is 23.3 Å². The van der Waals surface area contributed by atoms with Gasteiger partial charge < -0.3 is 14.6 Å². The molecule has 1 aromatic carbocycles. The molecule has 1 N–H and O–H groups in total. The highest BCUT2D eigenvalue weighted by molar-refractivity contribution is 5.56. The fourth-order valence-corrected chi connectivity index (χ4v) is 6.58. The summed E-state index contributed by atoms with van der Waals surface area (Å²) in [7, 11) is 0. The summed E-state index contributed by atoms with van der Waals surface area (Å²) >= 11 is 0. The summed E-state index contributed by atoms with van der Waals surface area (Å²) < 4.78 is 53.0. The lowest BCUT2D eigenvalue weighted by Crippen LogP contribution is -2.36. The maximum Gasteiger partial charge on any atom is 0.417 e. The van der Waals surface area contributed by atoms with Gasteiger partial charge in [-0.3, -0.25) is 4.98 Å². The van der Waals surface area contributed by atoms with Crippen LogP contribution in [-0.2, 0) is 27.7 Å². The minimum Gasteiger partial charge on any atom is -0.388 e. The summed E-state index contributed by atoms with van der Waals surface area (Å²) in [6, 6.07) is 5.40. The van der Waals surface area contributed by atoms with Crippen LogP contribution in [0.15, 0.2) is 18.2 Å². The number of pyridine rings is 1. The zero-order valence-corrected chi connectivity index (χ0v) is 20.4. The number of aromatic nitrogens is 1. The van der Waals surface area contributed by atoms with E-state index in [1.165, 1.54) is 12.1 Å². The average molecular weight is 499 g/mol. The van der Waals surface area contributed by atoms with E-state index in [2.05, 4.69) is 13.8 Å². The molecule has 2 spiro atoms. The molecule has 36 heavy (non-hydrogen) atoms. The summed E-state index contributed by atoms with van der Waals surface area (Å²) in [4.78, 5) is 5.11. The Morgan fingerprint density at radius 3 is 2.47 bits per heavy atom. The summed E-state index contributed by atoms with van der Waals surface area (Å²) in [5.74, 6) is 0.0456. The largest absolute Gasteiger partial charge is 0.417 e. The summed E-state index contributed by atoms with van der Waals surface area (Å²) in [6.45, 7) is 5.11. The van der Waals surface area contributed by atoms with E-state index < -0.39 is 35.1 Å². The van der Waals surface area contributed by atoms with Crippen LogP contribution >= 0.6 is 0 Å². The Bertz CT molecular complexity index is 1270. The zero-order valence-electron chi connectivity index (χ0n) is 20.4. The van der Waals surface area contributed by atoms with Crippen LogP contribution in [0.4, 0.5) is 13.2 Å². The smallest absolute Gasteiger partial charge is 0.388 e. The average Bonchev–Trinajstić information content (AvgIpc) is 3.50. The zero-order chi connectivity index (χ0) is 25.5. The molecule has 6 rings (SSSR count). The van der Waals surface area contributed by atoms with Crippen LogP contribution in [0.2, 0.25) is 0 Å². The van der Waals surface area contributed by atoms with E-state index in [1.807, 2.05) is 0 Å². The highest BCUT2D eigenvalue weighted by Gasteiger charge is 2.55. The van der Waals surface area contributed by atoms with Gasteiger partial charge in [0, 0.05) is 48.6 Å². The third-order valence-electron chi connectivity index (χ3n) is 8.52. The highest BCUT2D eigenvalue weighted by atomic mass is 19.4. The van der Waals surface area contributed by atoms with Gasteiger partial charge in [-0.25, -0.2) is 0 Å². The number of halogens is 3. The van der Waals surface area contributed by atoms with Gasteiger partial charge in [0.2, 0.25) is 0 Å². The van der Waals surface area contributed by atoms with Crippen LogP contribution in [0.25, 0.3) is 0 Å². The molecule has 2 fully saturated rings. The molecule has 1 unspecified atom stereocenters. The molecule has 8 heteroatoms. The van der Waals surface area contributed by atoms with Gasteiger partial charge in [-0.1, -0.05) is 19.9 Å². The molecule has 5 nitrogen and oxygen atoms in total. The van der Waals surface area contributed by atoms with Crippen LogP contribution in [0.5, 0.6) is 0 Å². The Balaban J connectivity index is 1.58. The standard InChI is InChI=1S/C28H29F3N2O3/c1-15(2)24-22-23(21-19(33-24)12-26(5-6-26)13-20(21)34)27(7-9-35-10-8-27)36-25(22)16-3-4-18(28(29,30)31)17(11-16)14-32/h3-4,11,15,20,25,34H,5-10,12-13H2,1-2H3/t20?,25-/m1/s1. The van der Waals surface area contributed by atoms with Crippen LogP contribution in [0.3, 0.4) is 0 Å². The van der Waals surface area contributed by atoms with Gasteiger partial charge in [0.05, 0.1) is 28.9 Å². The first-order chi connectivity index (χ1) is 17.1. The van der Waals surface area contributed by atoms with E-state index in [1.54, 1.807) is 6.07 Å². The van der Waals surface area contributed by atoms with E-state index in [9.17, 15) is 23.5 Å². The second-order valence-electron chi connectivity index (χ2n) is 11.2. The van der Waals surface area contributed by atoms with Gasteiger partial charge in [0.15, 0.2) is 0 Å². The first-order valence-electron chi connectivity index (χ1n) is 12.7. The van der Waals surface area contributed by atoms with Crippen molar-refractivity contribution >= 4 is 0 Å². The Hall–Kier alpha value is -2.47. The number of benzene rings is 1. The van der Waals surface area contributed by atoms with Crippen molar-refractivity contribution in [3.8, 4) is 6.07 Å². The molecular formula is C28H29F3N2O3. The fourth-order valence-electron chi connectivity index (χ4n) is 6.58. The molecule has 2 aliphatic carbocycles. The Morgan fingerprint density at radius 2 is 1.86 bits per heavy atom. The van der Waals surface area contributed by atoms with Crippen molar-refractivity contribution in [2.45, 2.75) is 82.3 Å². The first kappa shape index (κ1) is 23.9. The van der Waals surface area contributed by atoms with Gasteiger partial charge in [0.25, 0.3) is 0 Å². The fraction of sp³-hybridized carbons (Fsp3) is 0.571. The molecule has 2 atom stereocenters. The maximum atomic E-state index is 13.5. The van der Waals surface area contributed by atoms with E-state index in [-0.39, 0.29) is 11.3 Å². The molecule has 0 radical (unpaired) electrons. The molecule has 0 bridgehead atoms. The number of aliphatic hydroxyl groups excluding tert-OH is 1. The van der Waals surface area contributed by atoms with Crippen molar-refractivity contribution < 1.29 is 27.8 Å². The molecule has 4 aliphatic rings. The normalized spacial score (nSPS) is 25.6. The van der Waals surface area contributed by atoms with Crippen LogP contribution < -0.4 is 0 Å². The predicted molar refractivity (Wildman–Crippen MR) is 124 cm³/mol. The number of nitriles is 1. The molecule has 0 amide bonds. The number of fused-ring (bicyclic) bond motifs is 4. The van der Waals surface area contributed by atoms with Gasteiger partial charge in [-0.15, -0.1) is 0 Å². The molecule has 3 heterocycles. The van der Waals surface area contributed by atoms with Gasteiger partial charge in [-0.05, 0) is 60.3 Å². The molecule has 1 aromatic heterocycles. The van der Waals surface area contributed by atoms with Crippen molar-refractivity contribution in [2.75, 3.05) is 13.2 Å². The minimum atomic E-state index is -4.62. The number of rotatable bonds is 2. The Morgan fingerprint density at radius 1 is 1.14 bits per heavy atom. The Labute approximate surface area is 208 Å². The number of hydrogen-bond acceptors (Lipinski definition) is 5. The molecule has 2 aromatic rings.